The van der Waals surface area contributed by atoms with Crippen LogP contribution in [0.5, 0.6) is 5.75 Å². The van der Waals surface area contributed by atoms with Gasteiger partial charge in [-0.2, -0.15) is 18.3 Å². The maximum atomic E-state index is 13.1. The summed E-state index contributed by atoms with van der Waals surface area (Å²) in [4.78, 5) is 13.1. The Balaban J connectivity index is 1.66. The highest BCUT2D eigenvalue weighted by Gasteiger charge is 2.30. The van der Waals surface area contributed by atoms with Crippen LogP contribution in [0.25, 0.3) is 16.9 Å². The molecule has 0 spiro atoms. The van der Waals surface area contributed by atoms with E-state index in [1.165, 1.54) is 16.8 Å². The van der Waals surface area contributed by atoms with Gasteiger partial charge in [0.05, 0.1) is 29.1 Å². The number of alkyl halides is 3. The molecule has 0 aliphatic heterocycles. The molecular formula is C25H19ClF3N3O2. The summed E-state index contributed by atoms with van der Waals surface area (Å²) in [5.74, 6) is 0.136. The molecular weight excluding hydrogens is 467 g/mol. The summed E-state index contributed by atoms with van der Waals surface area (Å²) in [5, 5.41) is 7.72. The number of carbonyl (C=O) groups is 1. The van der Waals surface area contributed by atoms with Crippen molar-refractivity contribution in [3.05, 3.63) is 101 Å². The largest absolute Gasteiger partial charge is 0.497 e. The smallest absolute Gasteiger partial charge is 0.416 e. The third-order valence-electron chi connectivity index (χ3n) is 5.12. The molecule has 0 atom stereocenters. The molecule has 0 bridgehead atoms. The molecule has 4 aromatic rings. The number of nitrogens with zero attached hydrogens (tertiary/aromatic N) is 2. The van der Waals surface area contributed by atoms with E-state index in [0.717, 1.165) is 12.1 Å². The van der Waals surface area contributed by atoms with E-state index in [-0.39, 0.29) is 12.2 Å². The lowest BCUT2D eigenvalue weighted by Crippen LogP contribution is -2.25. The van der Waals surface area contributed by atoms with Crippen molar-refractivity contribution in [3.8, 4) is 22.7 Å². The molecule has 0 aliphatic carbocycles. The van der Waals surface area contributed by atoms with Gasteiger partial charge in [-0.05, 0) is 54.1 Å². The van der Waals surface area contributed by atoms with E-state index in [9.17, 15) is 18.0 Å². The lowest BCUT2D eigenvalue weighted by Gasteiger charge is -2.11. The third-order valence-corrected chi connectivity index (χ3v) is 5.45. The first kappa shape index (κ1) is 23.4. The molecule has 0 unspecified atom stereocenters. The number of rotatable bonds is 6. The molecule has 9 heteroatoms. The van der Waals surface area contributed by atoms with Gasteiger partial charge in [0.25, 0.3) is 5.91 Å². The van der Waals surface area contributed by atoms with E-state index in [4.69, 9.17) is 16.3 Å². The fraction of sp³-hybridized carbons (Fsp3) is 0.120. The third kappa shape index (κ3) is 5.07. The lowest BCUT2D eigenvalue weighted by molar-refractivity contribution is -0.137. The van der Waals surface area contributed by atoms with E-state index in [0.29, 0.717) is 33.3 Å². The minimum Gasteiger partial charge on any atom is -0.497 e. The number of aromatic nitrogens is 2. The van der Waals surface area contributed by atoms with Crippen molar-refractivity contribution < 1.29 is 22.7 Å². The van der Waals surface area contributed by atoms with Crippen molar-refractivity contribution >= 4 is 17.5 Å². The molecule has 0 radical (unpaired) electrons. The zero-order valence-electron chi connectivity index (χ0n) is 17.9. The van der Waals surface area contributed by atoms with Crippen molar-refractivity contribution in [1.82, 2.24) is 15.1 Å². The normalized spacial score (nSPS) is 11.3. The van der Waals surface area contributed by atoms with Gasteiger partial charge in [-0.1, -0.05) is 41.9 Å². The first-order valence-corrected chi connectivity index (χ1v) is 10.6. The molecule has 3 aromatic carbocycles. The highest BCUT2D eigenvalue weighted by molar-refractivity contribution is 6.33. The second-order valence-corrected chi connectivity index (χ2v) is 7.79. The number of hydrogen-bond acceptors (Lipinski definition) is 3. The van der Waals surface area contributed by atoms with Crippen LogP contribution in [0.2, 0.25) is 5.02 Å². The summed E-state index contributed by atoms with van der Waals surface area (Å²) >= 11 is 6.32. The summed E-state index contributed by atoms with van der Waals surface area (Å²) < 4.78 is 45.7. The highest BCUT2D eigenvalue weighted by Crippen LogP contribution is 2.30. The first-order chi connectivity index (χ1) is 16.3. The molecule has 1 heterocycles. The van der Waals surface area contributed by atoms with Gasteiger partial charge in [0.15, 0.2) is 0 Å². The summed E-state index contributed by atoms with van der Waals surface area (Å²) in [6.07, 6.45) is -4.46. The number of hydrogen-bond donors (Lipinski definition) is 1. The topological polar surface area (TPSA) is 56.2 Å². The molecule has 5 nitrogen and oxygen atoms in total. The van der Waals surface area contributed by atoms with Crippen LogP contribution in [-0.2, 0) is 12.7 Å². The molecule has 4 rings (SSSR count). The van der Waals surface area contributed by atoms with Crippen LogP contribution in [0.1, 0.15) is 21.6 Å². The molecule has 0 saturated carbocycles. The molecule has 1 amide bonds. The first-order valence-electron chi connectivity index (χ1n) is 10.2. The quantitative estimate of drug-likeness (QED) is 0.356. The van der Waals surface area contributed by atoms with E-state index in [2.05, 4.69) is 10.4 Å². The number of methoxy groups -OCH3 is 1. The molecule has 1 N–H and O–H groups in total. The predicted molar refractivity (Wildman–Crippen MR) is 123 cm³/mol. The Morgan fingerprint density at radius 2 is 1.76 bits per heavy atom. The number of ether oxygens (including phenoxy) is 1. The second-order valence-electron chi connectivity index (χ2n) is 7.39. The Morgan fingerprint density at radius 1 is 1.03 bits per heavy atom. The van der Waals surface area contributed by atoms with Crippen molar-refractivity contribution in [2.75, 3.05) is 7.11 Å². The van der Waals surface area contributed by atoms with E-state index in [1.807, 2.05) is 0 Å². The van der Waals surface area contributed by atoms with Crippen LogP contribution in [0, 0.1) is 0 Å². The molecule has 0 fully saturated rings. The van der Waals surface area contributed by atoms with Crippen LogP contribution >= 0.6 is 11.6 Å². The van der Waals surface area contributed by atoms with Gasteiger partial charge in [0, 0.05) is 12.1 Å². The average Bonchev–Trinajstić information content (AvgIpc) is 3.28. The Hall–Kier alpha value is -3.78. The lowest BCUT2D eigenvalue weighted by atomic mass is 10.1. The number of benzene rings is 3. The van der Waals surface area contributed by atoms with Gasteiger partial charge in [-0.25, -0.2) is 4.68 Å². The maximum Gasteiger partial charge on any atom is 0.416 e. The van der Waals surface area contributed by atoms with Crippen LogP contribution in [0.3, 0.4) is 0 Å². The van der Waals surface area contributed by atoms with Crippen LogP contribution in [-0.4, -0.2) is 22.8 Å². The van der Waals surface area contributed by atoms with Gasteiger partial charge in [-0.15, -0.1) is 0 Å². The zero-order chi connectivity index (χ0) is 24.3. The molecule has 34 heavy (non-hydrogen) atoms. The van der Waals surface area contributed by atoms with E-state index >= 15 is 0 Å². The minimum atomic E-state index is -4.46. The van der Waals surface area contributed by atoms with Gasteiger partial charge in [-0.3, -0.25) is 4.79 Å². The average molecular weight is 486 g/mol. The van der Waals surface area contributed by atoms with E-state index < -0.39 is 17.6 Å². The summed E-state index contributed by atoms with van der Waals surface area (Å²) in [5.41, 5.74) is 1.47. The van der Waals surface area contributed by atoms with Crippen molar-refractivity contribution in [2.45, 2.75) is 12.7 Å². The van der Waals surface area contributed by atoms with Gasteiger partial charge in [0.2, 0.25) is 0 Å². The SMILES string of the molecule is COc1ccc(-n2nc(-c3ccccc3Cl)cc2C(=O)NCc2cccc(C(F)(F)F)c2)cc1. The number of halogens is 4. The molecule has 0 saturated heterocycles. The zero-order valence-corrected chi connectivity index (χ0v) is 18.7. The summed E-state index contributed by atoms with van der Waals surface area (Å²) in [6, 6.07) is 20.5. The Bertz CT molecular complexity index is 1320. The van der Waals surface area contributed by atoms with Crippen LogP contribution < -0.4 is 10.1 Å². The fourth-order valence-corrected chi connectivity index (χ4v) is 3.63. The summed E-state index contributed by atoms with van der Waals surface area (Å²) in [7, 11) is 1.55. The Labute approximate surface area is 198 Å². The van der Waals surface area contributed by atoms with Gasteiger partial charge in [0.1, 0.15) is 11.4 Å². The summed E-state index contributed by atoms with van der Waals surface area (Å²) in [6.45, 7) is -0.0853. The Morgan fingerprint density at radius 3 is 2.44 bits per heavy atom. The molecule has 174 valence electrons. The van der Waals surface area contributed by atoms with Gasteiger partial charge < -0.3 is 10.1 Å². The van der Waals surface area contributed by atoms with Crippen molar-refractivity contribution in [2.24, 2.45) is 0 Å². The van der Waals surface area contributed by atoms with Crippen molar-refractivity contribution in [1.29, 1.82) is 0 Å². The fourth-order valence-electron chi connectivity index (χ4n) is 3.39. The highest BCUT2D eigenvalue weighted by atomic mass is 35.5. The number of carbonyl (C=O) groups excluding carboxylic acids is 1. The number of nitrogens with one attached hydrogen (secondary N) is 1. The Kier molecular flexibility index (Phi) is 6.61. The standard InChI is InChI=1S/C25H19ClF3N3O2/c1-34-19-11-9-18(10-12-19)32-23(14-22(31-32)20-7-2-3-8-21(20)26)24(33)30-15-16-5-4-6-17(13-16)25(27,28)29/h2-14H,15H2,1H3,(H,30,33). The van der Waals surface area contributed by atoms with E-state index in [1.54, 1.807) is 61.7 Å². The second kappa shape index (κ2) is 9.61. The minimum absolute atomic E-state index is 0.0853. The monoisotopic (exact) mass is 485 g/mol. The predicted octanol–water partition coefficient (Wildman–Crippen LogP) is 6.15. The van der Waals surface area contributed by atoms with Crippen LogP contribution in [0.15, 0.2) is 78.9 Å². The number of amides is 1. The molecule has 1 aromatic heterocycles. The maximum absolute atomic E-state index is 13.1. The molecule has 0 aliphatic rings. The van der Waals surface area contributed by atoms with Crippen molar-refractivity contribution in [3.63, 3.8) is 0 Å². The van der Waals surface area contributed by atoms with Gasteiger partial charge >= 0.3 is 6.18 Å². The van der Waals surface area contributed by atoms with Crippen LogP contribution in [0.4, 0.5) is 13.2 Å².